The Balaban J connectivity index is 1.68. The van der Waals surface area contributed by atoms with E-state index in [1.54, 1.807) is 45.9 Å². The lowest BCUT2D eigenvalue weighted by Crippen LogP contribution is -2.61. The van der Waals surface area contributed by atoms with Gasteiger partial charge in [-0.15, -0.1) is 0 Å². The summed E-state index contributed by atoms with van der Waals surface area (Å²) in [6, 6.07) is 6.52. The minimum Gasteiger partial charge on any atom is -0.460 e. The van der Waals surface area contributed by atoms with Gasteiger partial charge in [0.15, 0.2) is 0 Å². The molecule has 0 spiro atoms. The summed E-state index contributed by atoms with van der Waals surface area (Å²) >= 11 is 17.0. The molecule has 264 valence electrons. The zero-order valence-electron chi connectivity index (χ0n) is 27.9. The molecule has 12 nitrogen and oxygen atoms in total. The number of carbonyl (C=O) groups excluding carboxylic acids is 4. The number of nitrogens with one attached hydrogen (secondary N) is 3. The molecule has 15 heteroatoms. The van der Waals surface area contributed by atoms with E-state index >= 15 is 0 Å². The van der Waals surface area contributed by atoms with Gasteiger partial charge in [-0.3, -0.25) is 29.2 Å². The molecule has 0 radical (unpaired) electrons. The second-order valence-corrected chi connectivity index (χ2v) is 15.0. The van der Waals surface area contributed by atoms with Crippen molar-refractivity contribution < 1.29 is 33.8 Å². The summed E-state index contributed by atoms with van der Waals surface area (Å²) in [7, 11) is 1.48. The molecule has 1 unspecified atom stereocenters. The quantitative estimate of drug-likeness (QED) is 0.177. The average Bonchev–Trinajstić information content (AvgIpc) is 3.03. The highest BCUT2D eigenvalue weighted by molar-refractivity contribution is 6.67. The largest absolute Gasteiger partial charge is 0.460 e. The normalized spacial score (nSPS) is 18.6. The van der Waals surface area contributed by atoms with Gasteiger partial charge in [-0.1, -0.05) is 79.0 Å². The van der Waals surface area contributed by atoms with E-state index in [0.29, 0.717) is 30.6 Å². The topological polar surface area (TPSA) is 159 Å². The van der Waals surface area contributed by atoms with Gasteiger partial charge in [-0.25, -0.2) is 5.43 Å². The molecule has 0 bridgehead atoms. The zero-order valence-corrected chi connectivity index (χ0v) is 30.2. The number of methoxy groups -OCH3 is 1. The number of esters is 1. The van der Waals surface area contributed by atoms with Crippen molar-refractivity contribution in [2.45, 2.75) is 75.5 Å². The molecular formula is C33H44Cl3N5O7. The van der Waals surface area contributed by atoms with Crippen LogP contribution in [0.1, 0.15) is 64.8 Å². The van der Waals surface area contributed by atoms with Crippen LogP contribution >= 0.6 is 34.8 Å². The monoisotopic (exact) mass is 727 g/mol. The van der Waals surface area contributed by atoms with Crippen molar-refractivity contribution in [3.63, 3.8) is 0 Å². The summed E-state index contributed by atoms with van der Waals surface area (Å²) in [5.74, 6) is -2.47. The highest BCUT2D eigenvalue weighted by Crippen LogP contribution is 2.27. The number of hydrazine groups is 1. The van der Waals surface area contributed by atoms with Crippen LogP contribution in [0.3, 0.4) is 0 Å². The Bertz CT molecular complexity index is 1500. The van der Waals surface area contributed by atoms with Gasteiger partial charge in [-0.05, 0) is 57.2 Å². The van der Waals surface area contributed by atoms with Crippen LogP contribution < -0.4 is 16.1 Å². The Kier molecular flexibility index (Phi) is 14.0. The molecule has 1 aliphatic heterocycles. The third kappa shape index (κ3) is 11.0. The fourth-order valence-corrected chi connectivity index (χ4v) is 5.23. The van der Waals surface area contributed by atoms with Gasteiger partial charge in [0.1, 0.15) is 24.7 Å². The zero-order chi connectivity index (χ0) is 35.8. The van der Waals surface area contributed by atoms with Crippen LogP contribution in [0.5, 0.6) is 0 Å². The number of fused-ring (bicyclic) bond motifs is 1. The molecule has 1 fully saturated rings. The second-order valence-electron chi connectivity index (χ2n) is 12.5. The molecule has 0 aliphatic carbocycles. The van der Waals surface area contributed by atoms with E-state index in [1.807, 2.05) is 24.3 Å². The molecule has 3 rings (SSSR count). The number of hydrogen-bond acceptors (Lipinski definition) is 9. The van der Waals surface area contributed by atoms with Gasteiger partial charge in [0.05, 0.1) is 29.3 Å². The smallest absolute Gasteiger partial charge is 0.325 e. The highest BCUT2D eigenvalue weighted by Gasteiger charge is 2.37. The van der Waals surface area contributed by atoms with E-state index < -0.39 is 63.7 Å². The predicted molar refractivity (Wildman–Crippen MR) is 185 cm³/mol. The van der Waals surface area contributed by atoms with Gasteiger partial charge in [0, 0.05) is 19.0 Å². The van der Waals surface area contributed by atoms with Crippen molar-refractivity contribution in [1.29, 1.82) is 0 Å². The molecule has 2 heterocycles. The van der Waals surface area contributed by atoms with E-state index in [4.69, 9.17) is 44.3 Å². The summed E-state index contributed by atoms with van der Waals surface area (Å²) in [6.45, 7) is 8.32. The Morgan fingerprint density at radius 2 is 1.79 bits per heavy atom. The number of aliphatic hydroxyl groups excluding tert-OH is 1. The molecule has 3 amide bonds. The van der Waals surface area contributed by atoms with Crippen LogP contribution in [0.25, 0.3) is 17.0 Å². The summed E-state index contributed by atoms with van der Waals surface area (Å²) < 4.78 is 8.66. The standard InChI is InChI=1S/C33H44Cl3N5O7/c1-19(2)27(28(43)37-20(3)29(44)41-15-7-8-25(40-41)30(45)48-18-33(34,35)36)39-31(46)32(5,17-47-6)14-13-22-9-10-23-11-12-24(21(4)42)38-26(23)16-22/h9-14,16,19-21,25,27,40,42H,7-8,15,17-18H2,1-6H3,(H,37,43)(H,39,46)/b14-13+/t20-,21+,25-,27-,32?/m0/s1. The lowest BCUT2D eigenvalue weighted by molar-refractivity contribution is -0.152. The molecule has 1 aromatic heterocycles. The Hall–Kier alpha value is -3.00. The number of benzene rings is 1. The van der Waals surface area contributed by atoms with Crippen molar-refractivity contribution >= 4 is 75.5 Å². The molecule has 1 aromatic carbocycles. The minimum absolute atomic E-state index is 0.0283. The molecule has 2 aromatic rings. The Morgan fingerprint density at radius 3 is 2.42 bits per heavy atom. The van der Waals surface area contributed by atoms with E-state index in [1.165, 1.54) is 19.0 Å². The predicted octanol–water partition coefficient (Wildman–Crippen LogP) is 4.01. The van der Waals surface area contributed by atoms with Gasteiger partial charge in [0.25, 0.3) is 5.91 Å². The van der Waals surface area contributed by atoms with Crippen molar-refractivity contribution in [3.05, 3.63) is 47.7 Å². The molecule has 5 atom stereocenters. The van der Waals surface area contributed by atoms with Gasteiger partial charge in [-0.2, -0.15) is 0 Å². The third-order valence-corrected chi connectivity index (χ3v) is 8.18. The number of aliphatic hydroxyl groups is 1. The van der Waals surface area contributed by atoms with Gasteiger partial charge in [0.2, 0.25) is 15.6 Å². The number of nitrogens with zero attached hydrogens (tertiary/aromatic N) is 2. The number of rotatable bonds is 13. The van der Waals surface area contributed by atoms with Crippen LogP contribution in [0, 0.1) is 11.3 Å². The fourth-order valence-electron chi connectivity index (χ4n) is 5.06. The van der Waals surface area contributed by atoms with Crippen LogP contribution in [0.2, 0.25) is 0 Å². The Labute approximate surface area is 295 Å². The van der Waals surface area contributed by atoms with Crippen LogP contribution in [-0.4, -0.2) is 87.6 Å². The highest BCUT2D eigenvalue weighted by atomic mass is 35.6. The molecule has 0 saturated carbocycles. The maximum absolute atomic E-state index is 13.7. The fraction of sp³-hybridized carbons (Fsp3) is 0.545. The molecule has 48 heavy (non-hydrogen) atoms. The van der Waals surface area contributed by atoms with Crippen LogP contribution in [-0.2, 0) is 28.7 Å². The van der Waals surface area contributed by atoms with Crippen molar-refractivity contribution in [3.8, 4) is 0 Å². The number of amides is 3. The van der Waals surface area contributed by atoms with Crippen molar-refractivity contribution in [2.75, 3.05) is 26.9 Å². The number of halogens is 3. The minimum atomic E-state index is -1.77. The summed E-state index contributed by atoms with van der Waals surface area (Å²) in [5, 5.41) is 17.6. The Morgan fingerprint density at radius 1 is 1.10 bits per heavy atom. The lowest BCUT2D eigenvalue weighted by atomic mass is 9.88. The number of alkyl halides is 3. The van der Waals surface area contributed by atoms with Crippen molar-refractivity contribution in [2.24, 2.45) is 11.3 Å². The van der Waals surface area contributed by atoms with E-state index in [9.17, 15) is 24.3 Å². The maximum Gasteiger partial charge on any atom is 0.325 e. The molecule has 4 N–H and O–H groups in total. The van der Waals surface area contributed by atoms with Gasteiger partial charge < -0.3 is 25.2 Å². The second kappa shape index (κ2) is 17.1. The number of carbonyl (C=O) groups is 4. The van der Waals surface area contributed by atoms with Crippen LogP contribution in [0.15, 0.2) is 36.4 Å². The first-order chi connectivity index (χ1) is 22.4. The molecule has 1 saturated heterocycles. The van der Waals surface area contributed by atoms with Gasteiger partial charge >= 0.3 is 5.97 Å². The maximum atomic E-state index is 13.7. The van der Waals surface area contributed by atoms with E-state index in [-0.39, 0.29) is 12.5 Å². The van der Waals surface area contributed by atoms with Crippen LogP contribution in [0.4, 0.5) is 0 Å². The number of pyridine rings is 1. The SMILES string of the molecule is COCC(C)(/C=C/c1ccc2ccc([C@@H](C)O)nc2c1)C(=O)N[C@H](C(=O)N[C@@H](C)C(=O)N1CCC[C@@H](C(=O)OCC(Cl)(Cl)Cl)N1)C(C)C. The average molecular weight is 729 g/mol. The third-order valence-electron chi connectivity index (χ3n) is 7.85. The summed E-state index contributed by atoms with van der Waals surface area (Å²) in [6.07, 6.45) is 3.69. The van der Waals surface area contributed by atoms with Crippen molar-refractivity contribution in [1.82, 2.24) is 26.1 Å². The lowest BCUT2D eigenvalue weighted by Gasteiger charge is -2.35. The number of hydrogen-bond donors (Lipinski definition) is 4. The number of aromatic nitrogens is 1. The molecular weight excluding hydrogens is 685 g/mol. The summed E-state index contributed by atoms with van der Waals surface area (Å²) in [5.41, 5.74) is 3.70. The molecule has 1 aliphatic rings. The number of ether oxygens (including phenoxy) is 2. The first-order valence-corrected chi connectivity index (χ1v) is 16.8. The van der Waals surface area contributed by atoms with E-state index in [2.05, 4.69) is 21.0 Å². The van der Waals surface area contributed by atoms with E-state index in [0.717, 1.165) is 10.9 Å². The summed E-state index contributed by atoms with van der Waals surface area (Å²) in [4.78, 5) is 57.3. The first kappa shape index (κ1) is 39.4. The first-order valence-electron chi connectivity index (χ1n) is 15.6.